The number of anilines is 1. The van der Waals surface area contributed by atoms with Crippen molar-refractivity contribution in [1.29, 1.82) is 0 Å². The van der Waals surface area contributed by atoms with Gasteiger partial charge in [0.15, 0.2) is 11.5 Å². The molecule has 7 nitrogen and oxygen atoms in total. The first kappa shape index (κ1) is 24.3. The van der Waals surface area contributed by atoms with Gasteiger partial charge in [-0.15, -0.1) is 0 Å². The summed E-state index contributed by atoms with van der Waals surface area (Å²) < 4.78 is 11.4. The van der Waals surface area contributed by atoms with Gasteiger partial charge in [-0.3, -0.25) is 14.5 Å². The number of aryl methyl sites for hydroxylation is 1. The Balaban J connectivity index is 1.80. The van der Waals surface area contributed by atoms with E-state index in [1.165, 1.54) is 4.90 Å². The number of nitrogens with zero attached hydrogens (tertiary/aromatic N) is 1. The van der Waals surface area contributed by atoms with Crippen molar-refractivity contribution < 1.29 is 29.0 Å². The Morgan fingerprint density at radius 2 is 1.80 bits per heavy atom. The second-order valence-corrected chi connectivity index (χ2v) is 8.93. The smallest absolute Gasteiger partial charge is 0.294 e. The van der Waals surface area contributed by atoms with Crippen LogP contribution in [-0.2, 0) is 9.59 Å². The van der Waals surface area contributed by atoms with E-state index in [-0.39, 0.29) is 36.9 Å². The van der Waals surface area contributed by atoms with Crippen LogP contribution in [-0.4, -0.2) is 35.1 Å². The first-order chi connectivity index (χ1) is 16.8. The van der Waals surface area contributed by atoms with Crippen molar-refractivity contribution >= 4 is 17.4 Å². The summed E-state index contributed by atoms with van der Waals surface area (Å²) in [5.41, 5.74) is 1.96. The Hall–Kier alpha value is -3.84. The maximum absolute atomic E-state index is 13.3. The maximum Gasteiger partial charge on any atom is 0.294 e. The van der Waals surface area contributed by atoms with E-state index in [4.69, 9.17) is 9.15 Å². The van der Waals surface area contributed by atoms with Crippen LogP contribution >= 0.6 is 0 Å². The summed E-state index contributed by atoms with van der Waals surface area (Å²) in [6.07, 6.45) is 0.188. The Morgan fingerprint density at radius 1 is 1.09 bits per heavy atom. The van der Waals surface area contributed by atoms with Crippen LogP contribution in [0.25, 0.3) is 11.3 Å². The average molecular weight is 476 g/mol. The molecule has 2 N–H and O–H groups in total. The molecular formula is C28H29NO6. The Kier molecular flexibility index (Phi) is 7.07. The highest BCUT2D eigenvalue weighted by Crippen LogP contribution is 2.44. The SMILES string of the molecule is Cc1ccc(-c2ccc(N3C(=O)C(O)=C(C(=O)CC(C)C)C3c3ccccc3OCCO)cc2)o1. The van der Waals surface area contributed by atoms with Crippen LogP contribution in [0.1, 0.15) is 37.6 Å². The molecule has 2 aromatic carbocycles. The number of ketones is 1. The van der Waals surface area contributed by atoms with Crippen molar-refractivity contribution in [1.82, 2.24) is 0 Å². The van der Waals surface area contributed by atoms with Gasteiger partial charge in [-0.05, 0) is 55.3 Å². The van der Waals surface area contributed by atoms with Gasteiger partial charge in [-0.25, -0.2) is 0 Å². The standard InChI is InChI=1S/C28H29NO6/c1-17(2)16-22(31)25-26(21-6-4-5-7-24(21)34-15-14-30)29(28(33)27(25)32)20-11-9-19(10-12-20)23-13-8-18(3)35-23/h4-13,17,26,30,32H,14-16H2,1-3H3. The Labute approximate surface area is 204 Å². The van der Waals surface area contributed by atoms with Crippen molar-refractivity contribution in [2.45, 2.75) is 33.2 Å². The fraction of sp³-hybridized carbons (Fsp3) is 0.286. The van der Waals surface area contributed by atoms with Crippen molar-refractivity contribution in [2.24, 2.45) is 5.92 Å². The van der Waals surface area contributed by atoms with Crippen LogP contribution in [0.4, 0.5) is 5.69 Å². The summed E-state index contributed by atoms with van der Waals surface area (Å²) >= 11 is 0. The van der Waals surface area contributed by atoms with E-state index in [1.54, 1.807) is 36.4 Å². The third kappa shape index (κ3) is 4.86. The molecular weight excluding hydrogens is 446 g/mol. The summed E-state index contributed by atoms with van der Waals surface area (Å²) in [6.45, 7) is 5.56. The van der Waals surface area contributed by atoms with Crippen LogP contribution in [0.5, 0.6) is 5.75 Å². The van der Waals surface area contributed by atoms with E-state index in [2.05, 4.69) is 0 Å². The summed E-state index contributed by atoms with van der Waals surface area (Å²) in [5.74, 6) is 0.471. The third-order valence-electron chi connectivity index (χ3n) is 5.83. The van der Waals surface area contributed by atoms with Crippen LogP contribution in [0.3, 0.4) is 0 Å². The molecule has 1 aliphatic heterocycles. The Bertz CT molecular complexity index is 1250. The summed E-state index contributed by atoms with van der Waals surface area (Å²) in [4.78, 5) is 28.0. The number of benzene rings is 2. The number of aliphatic hydroxyl groups excluding tert-OH is 2. The fourth-order valence-corrected chi connectivity index (χ4v) is 4.30. The minimum atomic E-state index is -0.875. The number of ether oxygens (including phenoxy) is 1. The molecule has 2 heterocycles. The number of furan rings is 1. The van der Waals surface area contributed by atoms with Crippen molar-refractivity contribution in [3.05, 3.63) is 83.3 Å². The first-order valence-electron chi connectivity index (χ1n) is 11.6. The molecule has 182 valence electrons. The third-order valence-corrected chi connectivity index (χ3v) is 5.83. The van der Waals surface area contributed by atoms with Crippen LogP contribution in [0, 0.1) is 12.8 Å². The molecule has 4 rings (SSSR count). The normalized spacial score (nSPS) is 15.9. The molecule has 1 unspecified atom stereocenters. The first-order valence-corrected chi connectivity index (χ1v) is 11.6. The molecule has 0 bridgehead atoms. The molecule has 0 saturated heterocycles. The van der Waals surface area contributed by atoms with E-state index in [0.29, 0.717) is 22.8 Å². The molecule has 0 radical (unpaired) electrons. The van der Waals surface area contributed by atoms with Crippen LogP contribution in [0.2, 0.25) is 0 Å². The van der Waals surface area contributed by atoms with Crippen molar-refractivity contribution in [2.75, 3.05) is 18.1 Å². The summed E-state index contributed by atoms with van der Waals surface area (Å²) in [5, 5.41) is 20.1. The highest BCUT2D eigenvalue weighted by Gasteiger charge is 2.45. The molecule has 0 aliphatic carbocycles. The number of aliphatic hydroxyl groups is 2. The molecule has 0 spiro atoms. The molecule has 0 saturated carbocycles. The molecule has 3 aromatic rings. The predicted octanol–water partition coefficient (Wildman–Crippen LogP) is 5.14. The van der Waals surface area contributed by atoms with E-state index in [1.807, 2.05) is 45.0 Å². The zero-order valence-corrected chi connectivity index (χ0v) is 20.0. The number of amides is 1. The summed E-state index contributed by atoms with van der Waals surface area (Å²) in [7, 11) is 0. The Morgan fingerprint density at radius 3 is 2.43 bits per heavy atom. The van der Waals surface area contributed by atoms with Gasteiger partial charge in [0, 0.05) is 23.2 Å². The second kappa shape index (κ2) is 10.2. The lowest BCUT2D eigenvalue weighted by atomic mass is 9.91. The van der Waals surface area contributed by atoms with E-state index < -0.39 is 17.7 Å². The molecule has 1 aliphatic rings. The zero-order chi connectivity index (χ0) is 25.1. The highest BCUT2D eigenvalue weighted by molar-refractivity contribution is 6.16. The number of hydrogen-bond donors (Lipinski definition) is 2. The molecule has 35 heavy (non-hydrogen) atoms. The molecule has 7 heteroatoms. The molecule has 1 aromatic heterocycles. The van der Waals surface area contributed by atoms with Gasteiger partial charge in [0.2, 0.25) is 0 Å². The van der Waals surface area contributed by atoms with Gasteiger partial charge in [-0.2, -0.15) is 0 Å². The lowest BCUT2D eigenvalue weighted by molar-refractivity contribution is -0.118. The fourth-order valence-electron chi connectivity index (χ4n) is 4.30. The monoisotopic (exact) mass is 475 g/mol. The van der Waals surface area contributed by atoms with E-state index in [0.717, 1.165) is 11.3 Å². The van der Waals surface area contributed by atoms with Crippen LogP contribution < -0.4 is 9.64 Å². The van der Waals surface area contributed by atoms with Crippen LogP contribution in [0.15, 0.2) is 76.4 Å². The van der Waals surface area contributed by atoms with Gasteiger partial charge >= 0.3 is 0 Å². The summed E-state index contributed by atoms with van der Waals surface area (Å²) in [6, 6.07) is 17.1. The van der Waals surface area contributed by atoms with Gasteiger partial charge in [0.05, 0.1) is 18.2 Å². The maximum atomic E-state index is 13.3. The molecule has 1 atom stereocenters. The number of carbonyl (C=O) groups is 2. The van der Waals surface area contributed by atoms with E-state index >= 15 is 0 Å². The van der Waals surface area contributed by atoms with Gasteiger partial charge in [0.1, 0.15) is 23.9 Å². The van der Waals surface area contributed by atoms with Gasteiger partial charge < -0.3 is 19.4 Å². The lowest BCUT2D eigenvalue weighted by Crippen LogP contribution is -2.31. The van der Waals surface area contributed by atoms with Gasteiger partial charge in [0.25, 0.3) is 5.91 Å². The minimum absolute atomic E-state index is 0.0459. The topological polar surface area (TPSA) is 100 Å². The number of hydrogen-bond acceptors (Lipinski definition) is 6. The lowest BCUT2D eigenvalue weighted by Gasteiger charge is -2.28. The van der Waals surface area contributed by atoms with Crippen molar-refractivity contribution in [3.63, 3.8) is 0 Å². The quantitative estimate of drug-likeness (QED) is 0.444. The second-order valence-electron chi connectivity index (χ2n) is 8.93. The number of carbonyl (C=O) groups excluding carboxylic acids is 2. The minimum Gasteiger partial charge on any atom is -0.503 e. The molecule has 0 fully saturated rings. The molecule has 1 amide bonds. The largest absolute Gasteiger partial charge is 0.503 e. The number of Topliss-reactive ketones (excluding diaryl/α,β-unsaturated/α-hetero) is 1. The number of para-hydroxylation sites is 1. The number of rotatable bonds is 9. The van der Waals surface area contributed by atoms with E-state index in [9.17, 15) is 19.8 Å². The zero-order valence-electron chi connectivity index (χ0n) is 20.0. The average Bonchev–Trinajstić information content (AvgIpc) is 3.38. The predicted molar refractivity (Wildman–Crippen MR) is 132 cm³/mol. The van der Waals surface area contributed by atoms with Crippen molar-refractivity contribution in [3.8, 4) is 17.1 Å². The van der Waals surface area contributed by atoms with Gasteiger partial charge in [-0.1, -0.05) is 32.0 Å². The highest BCUT2D eigenvalue weighted by atomic mass is 16.5.